The second kappa shape index (κ2) is 20.7. The molecule has 2 amide bonds. The maximum Gasteiger partial charge on any atom is 0.481 e. The Morgan fingerprint density at radius 2 is 1.71 bits per heavy atom. The third kappa shape index (κ3) is 15.4. The summed E-state index contributed by atoms with van der Waals surface area (Å²) < 4.78 is 61.9. The van der Waals surface area contributed by atoms with E-state index in [1.54, 1.807) is 0 Å². The molecule has 1 fully saturated rings. The van der Waals surface area contributed by atoms with Crippen molar-refractivity contribution in [3.05, 3.63) is 12.7 Å². The second-order valence-electron chi connectivity index (χ2n) is 12.3. The van der Waals surface area contributed by atoms with Crippen molar-refractivity contribution in [3.63, 3.8) is 0 Å². The van der Waals surface area contributed by atoms with Crippen LogP contribution in [0.2, 0.25) is 0 Å². The number of carbonyl (C=O) groups is 3. The van der Waals surface area contributed by atoms with E-state index in [0.717, 1.165) is 29.0 Å². The third-order valence-electron chi connectivity index (χ3n) is 7.23. The summed E-state index contributed by atoms with van der Waals surface area (Å²) in [7, 11) is -16.4. The van der Waals surface area contributed by atoms with Gasteiger partial charge in [-0.2, -0.15) is 4.31 Å². The van der Waals surface area contributed by atoms with Gasteiger partial charge in [-0.15, -0.1) is 0 Å². The summed E-state index contributed by atoms with van der Waals surface area (Å²) in [5.41, 5.74) is 4.23. The van der Waals surface area contributed by atoms with Crippen molar-refractivity contribution in [1.82, 2.24) is 30.2 Å². The summed E-state index contributed by atoms with van der Waals surface area (Å²) >= 11 is 0.939. The van der Waals surface area contributed by atoms with Gasteiger partial charge >= 0.3 is 23.5 Å². The minimum atomic E-state index is -5.57. The number of hydrogen-bond donors (Lipinski definition) is 10. The van der Waals surface area contributed by atoms with Gasteiger partial charge in [0.15, 0.2) is 22.8 Å². The van der Waals surface area contributed by atoms with Crippen LogP contribution in [0.1, 0.15) is 39.8 Å². The molecule has 25 nitrogen and oxygen atoms in total. The van der Waals surface area contributed by atoms with Gasteiger partial charge in [0.1, 0.15) is 36.3 Å². The minimum Gasteiger partial charge on any atom is -0.393 e. The molecule has 55 heavy (non-hydrogen) atoms. The van der Waals surface area contributed by atoms with Gasteiger partial charge in [-0.25, -0.2) is 28.6 Å². The maximum atomic E-state index is 12.6. The number of aliphatic hydroxyl groups is 3. The van der Waals surface area contributed by atoms with Crippen LogP contribution in [0.3, 0.4) is 0 Å². The van der Waals surface area contributed by atoms with Crippen LogP contribution >= 0.6 is 35.2 Å². The maximum absolute atomic E-state index is 12.6. The monoisotopic (exact) mass is 860 g/mol. The summed E-state index contributed by atoms with van der Waals surface area (Å²) in [5.74, 6) is -1.25. The number of nitrogens with zero attached hydrogens (tertiary/aromatic N) is 4. The van der Waals surface area contributed by atoms with Crippen molar-refractivity contribution in [1.29, 1.82) is 0 Å². The van der Waals surface area contributed by atoms with E-state index in [1.165, 1.54) is 20.8 Å². The summed E-state index contributed by atoms with van der Waals surface area (Å²) in [4.78, 5) is 86.9. The Morgan fingerprint density at radius 3 is 2.35 bits per heavy atom. The van der Waals surface area contributed by atoms with E-state index < -0.39 is 90.7 Å². The number of amides is 2. The van der Waals surface area contributed by atoms with Crippen LogP contribution in [-0.2, 0) is 50.7 Å². The molecule has 11 N–H and O–H groups in total. The van der Waals surface area contributed by atoms with Crippen LogP contribution in [0.15, 0.2) is 12.7 Å². The van der Waals surface area contributed by atoms with Crippen molar-refractivity contribution < 1.29 is 85.6 Å². The predicted molar refractivity (Wildman–Crippen MR) is 189 cm³/mol. The van der Waals surface area contributed by atoms with Crippen molar-refractivity contribution in [2.45, 2.75) is 70.4 Å². The van der Waals surface area contributed by atoms with Gasteiger partial charge in [0.05, 0.1) is 25.6 Å². The Labute approximate surface area is 329 Å². The van der Waals surface area contributed by atoms with Gasteiger partial charge < -0.3 is 56.0 Å². The number of carbonyl (C=O) groups excluding carboxylic acids is 3. The zero-order valence-electron chi connectivity index (χ0n) is 29.8. The first-order valence-corrected chi connectivity index (χ1v) is 21.1. The number of phosphoric ester groups is 3. The normalized spacial score (nSPS) is 22.2. The zero-order chi connectivity index (χ0) is 40.6. The molecule has 0 aromatic carbocycles. The molecule has 0 spiro atoms. The van der Waals surface area contributed by atoms with E-state index in [4.69, 9.17) is 19.5 Å². The Kier molecular flexibility index (Phi) is 18.5. The number of ether oxygens (including phenoxy) is 1. The number of phosphoric acid groups is 3. The molecule has 3 rings (SSSR count). The van der Waals surface area contributed by atoms with Crippen molar-refractivity contribution in [3.8, 4) is 0 Å². The molecule has 8 atom stereocenters. The second-order valence-corrected chi connectivity index (χ2v) is 17.7. The topological polar surface area (TPSA) is 384 Å². The fourth-order valence-electron chi connectivity index (χ4n) is 4.60. The number of hydrogen-bond acceptors (Lipinski definition) is 19. The van der Waals surface area contributed by atoms with Crippen LogP contribution in [-0.4, -0.2) is 153 Å². The van der Waals surface area contributed by atoms with Gasteiger partial charge in [-0.05, 0) is 6.92 Å². The molecule has 3 unspecified atom stereocenters. The number of thioether (sulfide) groups is 1. The van der Waals surface area contributed by atoms with E-state index in [9.17, 15) is 63.0 Å². The first kappa shape index (κ1) is 49.3. The van der Waals surface area contributed by atoms with E-state index in [1.807, 2.05) is 0 Å². The number of rotatable bonds is 21. The quantitative estimate of drug-likeness (QED) is 0.0370. The Bertz CT molecular complexity index is 1790. The van der Waals surface area contributed by atoms with Gasteiger partial charge in [-0.3, -0.25) is 32.5 Å². The van der Waals surface area contributed by atoms with E-state index in [2.05, 4.69) is 34.4 Å². The summed E-state index contributed by atoms with van der Waals surface area (Å²) in [6.07, 6.45) is -7.79. The van der Waals surface area contributed by atoms with Crippen LogP contribution in [0, 0.1) is 5.41 Å². The van der Waals surface area contributed by atoms with Gasteiger partial charge in [0, 0.05) is 56.0 Å². The summed E-state index contributed by atoms with van der Waals surface area (Å²) in [6.45, 7) is 1.83. The number of imidazole rings is 1. The molecule has 2 aromatic heterocycles. The fraction of sp³-hybridized carbons (Fsp3) is 0.680. The summed E-state index contributed by atoms with van der Waals surface area (Å²) in [5, 5.41) is 35.2. The standard InChI is InChI=1S/C25H42N7O18P3S.Li/c1-13(33)8-16(35)54-7-6-27-15(34)4-5-28-23(38)20(37)25(2,3)10-47-53(44,45)50-52(42,43)46-9-14-19(49-51(39,40)41)18(36)24(48-14)32-12-31-17-21(26)29-11-30-22(17)32;/h11-14,18-20,24,33,36-37H,4-10H2,1-3H3,(H,27,34)(H,28,38)(H,42,43)(H,44,45)(H2,26,29,30)(H2,39,40,41);/t13?,14-,18-,19-,20+,24-;/m1./s1. The van der Waals surface area contributed by atoms with Crippen molar-refractivity contribution in [2.75, 3.05) is 37.8 Å². The molecule has 1 saturated heterocycles. The van der Waals surface area contributed by atoms with E-state index in [0.29, 0.717) is 0 Å². The smallest absolute Gasteiger partial charge is 0.393 e. The number of aromatic nitrogens is 4. The first-order valence-electron chi connectivity index (χ1n) is 15.6. The molecule has 3 heterocycles. The fourth-order valence-corrected chi connectivity index (χ4v) is 8.22. The molecule has 1 aliphatic rings. The van der Waals surface area contributed by atoms with Crippen molar-refractivity contribution in [2.24, 2.45) is 5.41 Å². The molecule has 0 bridgehead atoms. The van der Waals surface area contributed by atoms with E-state index in [-0.39, 0.29) is 72.6 Å². The van der Waals surface area contributed by atoms with Crippen molar-refractivity contribution >= 4 is 88.0 Å². The molecule has 30 heteroatoms. The molecule has 1 aliphatic heterocycles. The first-order chi connectivity index (χ1) is 24.9. The number of aliphatic hydroxyl groups excluding tert-OH is 3. The van der Waals surface area contributed by atoms with Crippen LogP contribution < -0.4 is 16.4 Å². The SMILES string of the molecule is CC(O)CC(=O)SCCNC(=O)CCNC(=O)[C@H](O)C(C)(C)COP(=O)(O)OP(=O)(O)OC[C@H]1O[C@@H](n2cnc3c(N)ncnc32)[C@H](O)[C@@H]1OP(=O)(O)O.[Li]. The number of anilines is 1. The third-order valence-corrected chi connectivity index (χ3v) is 11.2. The van der Waals surface area contributed by atoms with Crippen LogP contribution in [0.4, 0.5) is 5.82 Å². The van der Waals surface area contributed by atoms with Gasteiger partial charge in [0.25, 0.3) is 0 Å². The number of nitrogens with one attached hydrogen (secondary N) is 2. The molecule has 307 valence electrons. The van der Waals surface area contributed by atoms with Gasteiger partial charge in [0.2, 0.25) is 11.8 Å². The van der Waals surface area contributed by atoms with Gasteiger partial charge in [-0.1, -0.05) is 25.6 Å². The van der Waals surface area contributed by atoms with Crippen LogP contribution in [0.25, 0.3) is 11.2 Å². The minimum absolute atomic E-state index is 0. The Balaban J connectivity index is 0.0000105. The summed E-state index contributed by atoms with van der Waals surface area (Å²) in [6, 6.07) is 0. The van der Waals surface area contributed by atoms with E-state index >= 15 is 0 Å². The predicted octanol–water partition coefficient (Wildman–Crippen LogP) is -1.95. The molecule has 0 aliphatic carbocycles. The average molecular weight is 861 g/mol. The number of nitrogen functional groups attached to an aromatic ring is 1. The number of fused-ring (bicyclic) bond motifs is 1. The molecular formula is C25H42LiN7O18P3S. The van der Waals surface area contributed by atoms with Crippen LogP contribution in [0.5, 0.6) is 0 Å². The number of nitrogens with two attached hydrogens (primary N) is 1. The average Bonchev–Trinajstić information content (AvgIpc) is 3.60. The molecule has 0 saturated carbocycles. The largest absolute Gasteiger partial charge is 0.481 e. The molecule has 2 aromatic rings. The zero-order valence-corrected chi connectivity index (χ0v) is 33.3. The Morgan fingerprint density at radius 1 is 1.05 bits per heavy atom. The Hall–Kier alpha value is -1.88. The molecular weight excluding hydrogens is 818 g/mol. The molecule has 1 radical (unpaired) electrons.